The number of carbonyl (C=O) groups is 1. The smallest absolute Gasteiger partial charge is 0.239 e. The van der Waals surface area contributed by atoms with Crippen molar-refractivity contribution >= 4 is 28.8 Å². The Morgan fingerprint density at radius 2 is 1.90 bits per heavy atom. The van der Waals surface area contributed by atoms with Crippen molar-refractivity contribution in [1.29, 1.82) is 0 Å². The van der Waals surface area contributed by atoms with Crippen LogP contribution in [0.4, 0.5) is 0 Å². The summed E-state index contributed by atoms with van der Waals surface area (Å²) in [5, 5.41) is 3.39. The third kappa shape index (κ3) is 4.21. The van der Waals surface area contributed by atoms with Gasteiger partial charge in [0.15, 0.2) is 0 Å². The number of nitrogens with zero attached hydrogens (tertiary/aromatic N) is 1. The largest absolute Gasteiger partial charge is 0.341 e. The maximum Gasteiger partial charge on any atom is 0.239 e. The van der Waals surface area contributed by atoms with Gasteiger partial charge in [-0.3, -0.25) is 10.1 Å². The molecule has 0 aromatic carbocycles. The zero-order valence-corrected chi connectivity index (χ0v) is 13.8. The van der Waals surface area contributed by atoms with Gasteiger partial charge in [0.1, 0.15) is 0 Å². The van der Waals surface area contributed by atoms with Gasteiger partial charge < -0.3 is 4.90 Å². The number of hydrogen-bond donors (Lipinski definition) is 1. The molecule has 20 heavy (non-hydrogen) atoms. The van der Waals surface area contributed by atoms with Crippen molar-refractivity contribution in [2.45, 2.75) is 51.6 Å². The van der Waals surface area contributed by atoms with E-state index in [0.717, 1.165) is 30.3 Å². The Kier molecular flexibility index (Phi) is 5.87. The molecule has 0 saturated carbocycles. The third-order valence-electron chi connectivity index (χ3n) is 3.81. The average molecular weight is 315 g/mol. The van der Waals surface area contributed by atoms with Crippen LogP contribution >= 0.6 is 22.9 Å². The molecule has 2 atom stereocenters. The maximum atomic E-state index is 12.5. The van der Waals surface area contributed by atoms with E-state index >= 15 is 0 Å². The van der Waals surface area contributed by atoms with Crippen molar-refractivity contribution in [3.63, 3.8) is 0 Å². The molecule has 5 heteroatoms. The summed E-state index contributed by atoms with van der Waals surface area (Å²) in [6.07, 6.45) is 4.76. The van der Waals surface area contributed by atoms with Crippen LogP contribution in [0.15, 0.2) is 12.1 Å². The number of likely N-dealkylation sites (tertiary alicyclic amines) is 1. The first kappa shape index (κ1) is 15.8. The quantitative estimate of drug-likeness (QED) is 0.915. The Balaban J connectivity index is 1.89. The van der Waals surface area contributed by atoms with Crippen molar-refractivity contribution in [2.24, 2.45) is 0 Å². The highest BCUT2D eigenvalue weighted by Gasteiger charge is 2.23. The minimum Gasteiger partial charge on any atom is -0.341 e. The van der Waals surface area contributed by atoms with Gasteiger partial charge in [-0.15, -0.1) is 11.3 Å². The fourth-order valence-electron chi connectivity index (χ4n) is 2.65. The van der Waals surface area contributed by atoms with Crippen LogP contribution in [0, 0.1) is 0 Å². The summed E-state index contributed by atoms with van der Waals surface area (Å²) in [6.45, 7) is 5.85. The van der Waals surface area contributed by atoms with Crippen LogP contribution in [0.2, 0.25) is 4.34 Å². The van der Waals surface area contributed by atoms with Gasteiger partial charge in [0, 0.05) is 24.0 Å². The van der Waals surface area contributed by atoms with Gasteiger partial charge >= 0.3 is 0 Å². The molecule has 0 spiro atoms. The molecule has 0 radical (unpaired) electrons. The molecule has 3 nitrogen and oxygen atoms in total. The minimum absolute atomic E-state index is 0.149. The van der Waals surface area contributed by atoms with Gasteiger partial charge in [-0.05, 0) is 38.8 Å². The summed E-state index contributed by atoms with van der Waals surface area (Å²) >= 11 is 7.53. The molecule has 1 aliphatic rings. The predicted octanol–water partition coefficient (Wildman–Crippen LogP) is 3.84. The summed E-state index contributed by atoms with van der Waals surface area (Å²) in [7, 11) is 0. The van der Waals surface area contributed by atoms with E-state index in [1.165, 1.54) is 17.7 Å². The van der Waals surface area contributed by atoms with E-state index in [4.69, 9.17) is 11.6 Å². The summed E-state index contributed by atoms with van der Waals surface area (Å²) in [4.78, 5) is 15.6. The average Bonchev–Trinajstić information content (AvgIpc) is 2.70. The summed E-state index contributed by atoms with van der Waals surface area (Å²) < 4.78 is 0.792. The first-order chi connectivity index (χ1) is 9.58. The molecule has 1 aromatic heterocycles. The van der Waals surface area contributed by atoms with Gasteiger partial charge in [-0.25, -0.2) is 0 Å². The molecule has 1 saturated heterocycles. The summed E-state index contributed by atoms with van der Waals surface area (Å²) in [5.41, 5.74) is 0. The summed E-state index contributed by atoms with van der Waals surface area (Å²) in [6, 6.07) is 3.93. The lowest BCUT2D eigenvalue weighted by Crippen LogP contribution is -2.45. The Labute approximate surface area is 130 Å². The van der Waals surface area contributed by atoms with Gasteiger partial charge in [0.25, 0.3) is 0 Å². The lowest BCUT2D eigenvalue weighted by Gasteiger charge is -2.26. The molecule has 2 unspecified atom stereocenters. The zero-order chi connectivity index (χ0) is 14.5. The molecular weight excluding hydrogens is 292 g/mol. The lowest BCUT2D eigenvalue weighted by molar-refractivity contribution is -0.133. The van der Waals surface area contributed by atoms with Crippen LogP contribution in [0.1, 0.15) is 50.4 Å². The second-order valence-corrected chi connectivity index (χ2v) is 7.24. The monoisotopic (exact) mass is 314 g/mol. The Morgan fingerprint density at radius 1 is 1.25 bits per heavy atom. The van der Waals surface area contributed by atoms with Crippen LogP contribution in [0.3, 0.4) is 0 Å². The fourth-order valence-corrected chi connectivity index (χ4v) is 3.73. The minimum atomic E-state index is -0.149. The van der Waals surface area contributed by atoms with Crippen LogP contribution in [-0.4, -0.2) is 29.9 Å². The van der Waals surface area contributed by atoms with E-state index in [9.17, 15) is 4.79 Å². The van der Waals surface area contributed by atoms with Crippen molar-refractivity contribution in [3.05, 3.63) is 21.3 Å². The van der Waals surface area contributed by atoms with Crippen molar-refractivity contribution < 1.29 is 4.79 Å². The van der Waals surface area contributed by atoms with E-state index in [-0.39, 0.29) is 18.0 Å². The topological polar surface area (TPSA) is 32.3 Å². The van der Waals surface area contributed by atoms with Crippen molar-refractivity contribution in [3.8, 4) is 0 Å². The molecule has 0 aliphatic carbocycles. The molecule has 2 heterocycles. The highest BCUT2D eigenvalue weighted by atomic mass is 35.5. The normalized spacial score (nSPS) is 19.4. The number of nitrogens with one attached hydrogen (secondary N) is 1. The molecule has 1 aromatic rings. The molecule has 1 fully saturated rings. The van der Waals surface area contributed by atoms with E-state index in [1.807, 2.05) is 24.0 Å². The zero-order valence-electron chi connectivity index (χ0n) is 12.2. The van der Waals surface area contributed by atoms with Crippen LogP contribution in [0.5, 0.6) is 0 Å². The van der Waals surface area contributed by atoms with Gasteiger partial charge in [-0.1, -0.05) is 24.4 Å². The fraction of sp³-hybridized carbons (Fsp3) is 0.667. The maximum absolute atomic E-state index is 12.5. The van der Waals surface area contributed by atoms with Crippen molar-refractivity contribution in [1.82, 2.24) is 10.2 Å². The number of carbonyl (C=O) groups excluding carboxylic acids is 1. The molecule has 0 bridgehead atoms. The molecule has 1 aliphatic heterocycles. The molecular formula is C15H23ClN2OS. The number of rotatable bonds is 4. The molecule has 1 N–H and O–H groups in total. The Morgan fingerprint density at radius 3 is 2.45 bits per heavy atom. The third-order valence-corrected chi connectivity index (χ3v) is 5.22. The van der Waals surface area contributed by atoms with Gasteiger partial charge in [-0.2, -0.15) is 0 Å². The SMILES string of the molecule is CC(NC(C)c1ccc(Cl)s1)C(=O)N1CCCCCC1. The first-order valence-corrected chi connectivity index (χ1v) is 8.57. The highest BCUT2D eigenvalue weighted by Crippen LogP contribution is 2.27. The summed E-state index contributed by atoms with van der Waals surface area (Å²) in [5.74, 6) is 0.224. The van der Waals surface area contributed by atoms with E-state index < -0.39 is 0 Å². The predicted molar refractivity (Wildman–Crippen MR) is 85.4 cm³/mol. The molecule has 2 rings (SSSR count). The number of halogens is 1. The number of amides is 1. The molecule has 112 valence electrons. The van der Waals surface area contributed by atoms with Crippen LogP contribution < -0.4 is 5.32 Å². The number of thiophene rings is 1. The number of hydrogen-bond acceptors (Lipinski definition) is 3. The second-order valence-electron chi connectivity index (χ2n) is 5.49. The second kappa shape index (κ2) is 7.43. The van der Waals surface area contributed by atoms with E-state index in [2.05, 4.69) is 12.2 Å². The molecule has 1 amide bonds. The van der Waals surface area contributed by atoms with E-state index in [1.54, 1.807) is 11.3 Å². The van der Waals surface area contributed by atoms with Crippen LogP contribution in [0.25, 0.3) is 0 Å². The highest BCUT2D eigenvalue weighted by molar-refractivity contribution is 7.16. The standard InChI is InChI=1S/C15H23ClN2OS/c1-11(13-7-8-14(16)20-13)17-12(2)15(19)18-9-5-3-4-6-10-18/h7-8,11-12,17H,3-6,9-10H2,1-2H3. The Hall–Kier alpha value is -0.580. The van der Waals surface area contributed by atoms with Crippen LogP contribution in [-0.2, 0) is 4.79 Å². The van der Waals surface area contributed by atoms with Gasteiger partial charge in [0.2, 0.25) is 5.91 Å². The first-order valence-electron chi connectivity index (χ1n) is 7.38. The lowest BCUT2D eigenvalue weighted by atomic mass is 10.2. The van der Waals surface area contributed by atoms with E-state index in [0.29, 0.717) is 0 Å². The van der Waals surface area contributed by atoms with Gasteiger partial charge in [0.05, 0.1) is 10.4 Å². The van der Waals surface area contributed by atoms with Crippen molar-refractivity contribution in [2.75, 3.05) is 13.1 Å². The Bertz CT molecular complexity index is 441.